The van der Waals surface area contributed by atoms with Crippen molar-refractivity contribution in [3.63, 3.8) is 0 Å². The van der Waals surface area contributed by atoms with E-state index in [4.69, 9.17) is 0 Å². The minimum atomic E-state index is -3.46. The molecule has 0 aromatic carbocycles. The van der Waals surface area contributed by atoms with Crippen molar-refractivity contribution in [3.05, 3.63) is 17.5 Å². The van der Waals surface area contributed by atoms with Crippen LogP contribution in [0.4, 0.5) is 0 Å². The standard InChI is InChI=1S/C22H36N2O3S2/c1-2-10-19-17-24(29(26,27)22-12-9-16-28-22)18-20(19)21(25)11-5-3-6-13-23-14-7-4-8-15-23/h9,12,16,19-20H,2-8,10-11,13-15,17-18H2,1H3/t19-,20?/m0/s1. The highest BCUT2D eigenvalue weighted by molar-refractivity contribution is 7.91. The summed E-state index contributed by atoms with van der Waals surface area (Å²) in [5, 5.41) is 1.79. The number of carbonyl (C=O) groups excluding carboxylic acids is 1. The number of piperidine rings is 1. The van der Waals surface area contributed by atoms with Crippen LogP contribution in [0.1, 0.15) is 64.7 Å². The smallest absolute Gasteiger partial charge is 0.252 e. The van der Waals surface area contributed by atoms with Crippen molar-refractivity contribution in [1.82, 2.24) is 9.21 Å². The van der Waals surface area contributed by atoms with E-state index in [2.05, 4.69) is 11.8 Å². The van der Waals surface area contributed by atoms with E-state index in [0.717, 1.165) is 38.6 Å². The molecule has 1 aromatic rings. The van der Waals surface area contributed by atoms with Gasteiger partial charge in [-0.05, 0) is 69.1 Å². The summed E-state index contributed by atoms with van der Waals surface area (Å²) in [5.74, 6) is 0.299. The third kappa shape index (κ3) is 6.12. The zero-order valence-electron chi connectivity index (χ0n) is 17.7. The molecule has 0 saturated carbocycles. The van der Waals surface area contributed by atoms with Crippen molar-refractivity contribution < 1.29 is 13.2 Å². The Bertz CT molecular complexity index is 727. The van der Waals surface area contributed by atoms with Crippen LogP contribution in [-0.2, 0) is 14.8 Å². The number of nitrogens with zero attached hydrogens (tertiary/aromatic N) is 2. The molecule has 2 saturated heterocycles. The highest BCUT2D eigenvalue weighted by atomic mass is 32.2. The van der Waals surface area contributed by atoms with Gasteiger partial charge >= 0.3 is 0 Å². The fraction of sp³-hybridized carbons (Fsp3) is 0.773. The Labute approximate surface area is 180 Å². The highest BCUT2D eigenvalue weighted by Gasteiger charge is 2.41. The van der Waals surface area contributed by atoms with Crippen molar-refractivity contribution in [2.24, 2.45) is 11.8 Å². The van der Waals surface area contributed by atoms with Crippen LogP contribution in [0.3, 0.4) is 0 Å². The summed E-state index contributed by atoms with van der Waals surface area (Å²) in [4.78, 5) is 15.5. The number of likely N-dealkylation sites (tertiary alicyclic amines) is 1. The first-order valence-corrected chi connectivity index (χ1v) is 13.6. The molecule has 2 aliphatic rings. The van der Waals surface area contributed by atoms with Crippen molar-refractivity contribution >= 4 is 27.1 Å². The van der Waals surface area contributed by atoms with Gasteiger partial charge in [-0.15, -0.1) is 11.3 Å². The Morgan fingerprint density at radius 2 is 1.93 bits per heavy atom. The van der Waals surface area contributed by atoms with Crippen molar-refractivity contribution in [1.29, 1.82) is 0 Å². The molecule has 164 valence electrons. The van der Waals surface area contributed by atoms with Gasteiger partial charge in [-0.25, -0.2) is 8.42 Å². The minimum Gasteiger partial charge on any atom is -0.303 e. The average Bonchev–Trinajstić information content (AvgIpc) is 3.40. The number of unbranched alkanes of at least 4 members (excludes halogenated alkanes) is 2. The lowest BCUT2D eigenvalue weighted by molar-refractivity contribution is -0.123. The Hall–Kier alpha value is -0.760. The van der Waals surface area contributed by atoms with Gasteiger partial charge in [-0.3, -0.25) is 4.79 Å². The highest BCUT2D eigenvalue weighted by Crippen LogP contribution is 2.34. The van der Waals surface area contributed by atoms with Gasteiger partial charge in [0, 0.05) is 25.4 Å². The number of rotatable bonds is 11. The lowest BCUT2D eigenvalue weighted by Gasteiger charge is -2.26. The Morgan fingerprint density at radius 1 is 1.14 bits per heavy atom. The molecule has 2 fully saturated rings. The molecule has 0 spiro atoms. The average molecular weight is 441 g/mol. The summed E-state index contributed by atoms with van der Waals surface area (Å²) >= 11 is 1.25. The Morgan fingerprint density at radius 3 is 2.62 bits per heavy atom. The summed E-state index contributed by atoms with van der Waals surface area (Å²) in [7, 11) is -3.46. The van der Waals surface area contributed by atoms with Crippen molar-refractivity contribution in [2.75, 3.05) is 32.7 Å². The van der Waals surface area contributed by atoms with Gasteiger partial charge in [0.25, 0.3) is 10.0 Å². The van der Waals surface area contributed by atoms with E-state index in [9.17, 15) is 13.2 Å². The van der Waals surface area contributed by atoms with Crippen LogP contribution in [-0.4, -0.2) is 56.1 Å². The molecule has 2 atom stereocenters. The normalized spacial score (nSPS) is 24.2. The van der Waals surface area contributed by atoms with Crippen molar-refractivity contribution in [3.8, 4) is 0 Å². The van der Waals surface area contributed by atoms with Crippen LogP contribution in [0.5, 0.6) is 0 Å². The third-order valence-electron chi connectivity index (χ3n) is 6.42. The largest absolute Gasteiger partial charge is 0.303 e. The Balaban J connectivity index is 1.47. The van der Waals surface area contributed by atoms with E-state index in [1.807, 2.05) is 0 Å². The van der Waals surface area contributed by atoms with E-state index in [1.165, 1.54) is 43.7 Å². The quantitative estimate of drug-likeness (QED) is 0.479. The van der Waals surface area contributed by atoms with Crippen LogP contribution in [0.15, 0.2) is 21.7 Å². The van der Waals surface area contributed by atoms with Gasteiger partial charge in [0.2, 0.25) is 0 Å². The summed E-state index contributed by atoms with van der Waals surface area (Å²) < 4.78 is 27.7. The number of hydrogen-bond acceptors (Lipinski definition) is 5. The lowest BCUT2D eigenvalue weighted by atomic mass is 9.86. The Kier molecular flexibility index (Phi) is 8.71. The van der Waals surface area contributed by atoms with Gasteiger partial charge < -0.3 is 4.90 Å². The first-order valence-electron chi connectivity index (χ1n) is 11.3. The van der Waals surface area contributed by atoms with E-state index in [-0.39, 0.29) is 17.6 Å². The molecular formula is C22H36N2O3S2. The fourth-order valence-electron chi connectivity index (χ4n) is 4.77. The molecule has 29 heavy (non-hydrogen) atoms. The number of Topliss-reactive ketones (excluding diaryl/α,β-unsaturated/α-hetero) is 1. The third-order valence-corrected chi connectivity index (χ3v) is 9.62. The van der Waals surface area contributed by atoms with Crippen molar-refractivity contribution in [2.45, 2.75) is 68.9 Å². The first kappa shape index (κ1) is 22.9. The topological polar surface area (TPSA) is 57.7 Å². The zero-order chi connectivity index (χ0) is 20.7. The summed E-state index contributed by atoms with van der Waals surface area (Å²) in [6.07, 6.45) is 9.69. The molecule has 0 bridgehead atoms. The van der Waals surface area contributed by atoms with E-state index in [1.54, 1.807) is 21.8 Å². The molecule has 7 heteroatoms. The molecule has 0 aliphatic carbocycles. The van der Waals surface area contributed by atoms with Crippen LogP contribution in [0, 0.1) is 11.8 Å². The summed E-state index contributed by atoms with van der Waals surface area (Å²) in [5.41, 5.74) is 0. The molecule has 2 aliphatic heterocycles. The van der Waals surface area contributed by atoms with E-state index >= 15 is 0 Å². The maximum Gasteiger partial charge on any atom is 0.252 e. The summed E-state index contributed by atoms with van der Waals surface area (Å²) in [6.45, 7) is 6.57. The van der Waals surface area contributed by atoms with Crippen LogP contribution in [0.25, 0.3) is 0 Å². The number of thiophene rings is 1. The van der Waals surface area contributed by atoms with Gasteiger partial charge in [-0.2, -0.15) is 4.31 Å². The number of carbonyl (C=O) groups is 1. The molecule has 1 unspecified atom stereocenters. The molecule has 5 nitrogen and oxygen atoms in total. The zero-order valence-corrected chi connectivity index (χ0v) is 19.4. The maximum atomic E-state index is 12.9. The number of hydrogen-bond donors (Lipinski definition) is 0. The van der Waals surface area contributed by atoms with E-state index in [0.29, 0.717) is 23.7 Å². The second kappa shape index (κ2) is 11.0. The van der Waals surface area contributed by atoms with Gasteiger partial charge in [0.05, 0.1) is 0 Å². The van der Waals surface area contributed by atoms with Crippen LogP contribution in [0.2, 0.25) is 0 Å². The lowest BCUT2D eigenvalue weighted by Crippen LogP contribution is -2.30. The second-order valence-electron chi connectivity index (χ2n) is 8.59. The maximum absolute atomic E-state index is 12.9. The predicted octanol–water partition coefficient (Wildman–Crippen LogP) is 4.40. The summed E-state index contributed by atoms with van der Waals surface area (Å²) in [6, 6.07) is 3.43. The molecule has 3 rings (SSSR count). The minimum absolute atomic E-state index is 0.133. The first-order chi connectivity index (χ1) is 14.0. The van der Waals surface area contributed by atoms with E-state index < -0.39 is 10.0 Å². The molecular weight excluding hydrogens is 404 g/mol. The predicted molar refractivity (Wildman–Crippen MR) is 119 cm³/mol. The molecule has 0 N–H and O–H groups in total. The van der Waals surface area contributed by atoms with Gasteiger partial charge in [0.15, 0.2) is 0 Å². The van der Waals surface area contributed by atoms with Gasteiger partial charge in [0.1, 0.15) is 9.99 Å². The number of sulfonamides is 1. The van der Waals surface area contributed by atoms with Gasteiger partial charge in [-0.1, -0.05) is 32.3 Å². The second-order valence-corrected chi connectivity index (χ2v) is 11.7. The monoisotopic (exact) mass is 440 g/mol. The molecule has 0 radical (unpaired) electrons. The van der Waals surface area contributed by atoms with Crippen LogP contribution >= 0.6 is 11.3 Å². The SMILES string of the molecule is CCC[C@H]1CN(S(=O)(=O)c2cccs2)CC1C(=O)CCCCCN1CCCCC1. The number of ketones is 1. The molecule has 1 aromatic heterocycles. The molecule has 0 amide bonds. The fourth-order valence-corrected chi connectivity index (χ4v) is 7.44. The molecule has 3 heterocycles. The van der Waals surface area contributed by atoms with Crippen LogP contribution < -0.4 is 0 Å².